The van der Waals surface area contributed by atoms with Gasteiger partial charge in [-0.05, 0) is 92.6 Å². The molecule has 0 N–H and O–H groups in total. The number of para-hydroxylation sites is 4. The molecule has 0 amide bonds. The number of hydrogen-bond acceptors (Lipinski definition) is 2. The lowest BCUT2D eigenvalue weighted by molar-refractivity contribution is 0.669. The zero-order valence-electron chi connectivity index (χ0n) is 28.9. The average Bonchev–Trinajstić information content (AvgIpc) is 3.75. The van der Waals surface area contributed by atoms with Crippen LogP contribution in [0.15, 0.2) is 199 Å². The molecule has 8 aromatic carbocycles. The van der Waals surface area contributed by atoms with E-state index in [2.05, 4.69) is 199 Å². The van der Waals surface area contributed by atoms with E-state index in [-0.39, 0.29) is 0 Å². The van der Waals surface area contributed by atoms with Crippen molar-refractivity contribution in [3.05, 3.63) is 233 Å². The Hall–Kier alpha value is -6.90. The van der Waals surface area contributed by atoms with Gasteiger partial charge in [0.25, 0.3) is 0 Å². The lowest BCUT2D eigenvalue weighted by Gasteiger charge is -2.46. The first-order chi connectivity index (χ1) is 26.3. The Bertz CT molecular complexity index is 2850. The van der Waals surface area contributed by atoms with Gasteiger partial charge in [-0.3, -0.25) is 0 Å². The maximum atomic E-state index is 6.32. The first-order valence-electron chi connectivity index (χ1n) is 18.3. The molecule has 2 heterocycles. The van der Waals surface area contributed by atoms with Gasteiger partial charge in [0.1, 0.15) is 11.2 Å². The van der Waals surface area contributed by atoms with Gasteiger partial charge in [0.2, 0.25) is 0 Å². The Balaban J connectivity index is 1.28. The summed E-state index contributed by atoms with van der Waals surface area (Å²) < 4.78 is 6.32. The van der Waals surface area contributed by atoms with Gasteiger partial charge < -0.3 is 9.32 Å². The van der Waals surface area contributed by atoms with Crippen LogP contribution in [-0.4, -0.2) is 0 Å². The quantitative estimate of drug-likeness (QED) is 0.173. The van der Waals surface area contributed by atoms with Gasteiger partial charge in [-0.2, -0.15) is 0 Å². The Morgan fingerprint density at radius 3 is 1.85 bits per heavy atom. The second-order valence-electron chi connectivity index (χ2n) is 14.0. The van der Waals surface area contributed by atoms with Gasteiger partial charge in [0, 0.05) is 22.0 Å². The summed E-state index contributed by atoms with van der Waals surface area (Å²) in [5.74, 6) is 0. The molecule has 0 radical (unpaired) electrons. The minimum atomic E-state index is -0.525. The summed E-state index contributed by atoms with van der Waals surface area (Å²) in [6, 6.07) is 70.6. The first-order valence-corrected chi connectivity index (χ1v) is 18.3. The summed E-state index contributed by atoms with van der Waals surface area (Å²) in [7, 11) is 0. The van der Waals surface area contributed by atoms with Gasteiger partial charge >= 0.3 is 0 Å². The summed E-state index contributed by atoms with van der Waals surface area (Å²) >= 11 is 0. The van der Waals surface area contributed by atoms with E-state index in [1.54, 1.807) is 0 Å². The fourth-order valence-electron chi connectivity index (χ4n) is 9.14. The van der Waals surface area contributed by atoms with Crippen molar-refractivity contribution in [3.8, 4) is 11.1 Å². The van der Waals surface area contributed by atoms with Crippen LogP contribution >= 0.6 is 0 Å². The van der Waals surface area contributed by atoms with Crippen molar-refractivity contribution in [2.45, 2.75) is 5.41 Å². The van der Waals surface area contributed by atoms with Crippen molar-refractivity contribution in [3.63, 3.8) is 0 Å². The van der Waals surface area contributed by atoms with Gasteiger partial charge in [-0.1, -0.05) is 158 Å². The molecule has 1 aliphatic heterocycles. The highest BCUT2D eigenvalue weighted by Crippen LogP contribution is 2.64. The van der Waals surface area contributed by atoms with E-state index in [1.807, 2.05) is 6.07 Å². The number of benzene rings is 8. The molecule has 0 saturated carbocycles. The third-order valence-electron chi connectivity index (χ3n) is 11.3. The van der Waals surface area contributed by atoms with Crippen LogP contribution in [0.4, 0.5) is 17.1 Å². The fourth-order valence-corrected chi connectivity index (χ4v) is 9.14. The molecule has 9 aromatic rings. The van der Waals surface area contributed by atoms with E-state index < -0.39 is 5.41 Å². The van der Waals surface area contributed by atoms with Crippen LogP contribution < -0.4 is 4.90 Å². The molecule has 11 rings (SSSR count). The number of rotatable bonds is 4. The molecule has 1 spiro atoms. The van der Waals surface area contributed by atoms with Crippen LogP contribution in [0.3, 0.4) is 0 Å². The molecule has 0 atom stereocenters. The van der Waals surface area contributed by atoms with Gasteiger partial charge in [-0.15, -0.1) is 0 Å². The highest BCUT2D eigenvalue weighted by atomic mass is 16.3. The highest BCUT2D eigenvalue weighted by Gasteiger charge is 2.52. The van der Waals surface area contributed by atoms with Crippen molar-refractivity contribution < 1.29 is 4.42 Å². The molecule has 2 nitrogen and oxygen atoms in total. The van der Waals surface area contributed by atoms with E-state index >= 15 is 0 Å². The monoisotopic (exact) mass is 675 g/mol. The molecule has 2 aliphatic rings. The molecule has 1 aromatic heterocycles. The van der Waals surface area contributed by atoms with Crippen LogP contribution in [-0.2, 0) is 5.41 Å². The van der Waals surface area contributed by atoms with Crippen molar-refractivity contribution in [1.82, 2.24) is 0 Å². The Labute approximate surface area is 308 Å². The van der Waals surface area contributed by atoms with Gasteiger partial charge in [0.05, 0.1) is 16.8 Å². The van der Waals surface area contributed by atoms with Crippen molar-refractivity contribution in [2.75, 3.05) is 4.90 Å². The zero-order chi connectivity index (χ0) is 34.9. The second kappa shape index (κ2) is 11.6. The van der Waals surface area contributed by atoms with Crippen molar-refractivity contribution >= 4 is 50.6 Å². The van der Waals surface area contributed by atoms with Crippen LogP contribution in [0.5, 0.6) is 0 Å². The first kappa shape index (κ1) is 29.8. The van der Waals surface area contributed by atoms with E-state index in [4.69, 9.17) is 4.42 Å². The van der Waals surface area contributed by atoms with E-state index in [9.17, 15) is 0 Å². The summed E-state index contributed by atoms with van der Waals surface area (Å²) in [4.78, 5) is 2.50. The number of anilines is 3. The Kier molecular flexibility index (Phi) is 6.50. The molecule has 0 unspecified atom stereocenters. The topological polar surface area (TPSA) is 16.4 Å². The number of fused-ring (bicyclic) bond motifs is 12. The zero-order valence-corrected chi connectivity index (χ0v) is 28.9. The summed E-state index contributed by atoms with van der Waals surface area (Å²) in [5, 5.41) is 2.23. The fraction of sp³-hybridized carbons (Fsp3) is 0.0196. The summed E-state index contributed by atoms with van der Waals surface area (Å²) in [6.07, 6.45) is 2.35. The molecule has 53 heavy (non-hydrogen) atoms. The second-order valence-corrected chi connectivity index (χ2v) is 14.0. The molecule has 0 saturated heterocycles. The third-order valence-corrected chi connectivity index (χ3v) is 11.3. The van der Waals surface area contributed by atoms with Crippen molar-refractivity contribution in [2.24, 2.45) is 0 Å². The standard InChI is InChI=1S/C51H33NO/c1-3-16-34(17-4-1)32-41(35-30-31-49-42(33-35)39-22-9-14-29-48(39)53-49)40-23-15-27-46-50(40)52(36-18-5-2-6-19-36)47-28-13-12-26-45(47)51(46)43-24-10-7-20-37(43)38-21-8-11-25-44(38)51/h1-33H/b41-32-. The number of hydrogen-bond donors (Lipinski definition) is 0. The van der Waals surface area contributed by atoms with Crippen LogP contribution in [0.25, 0.3) is 44.7 Å². The molecule has 248 valence electrons. The minimum absolute atomic E-state index is 0.525. The van der Waals surface area contributed by atoms with E-state index in [0.29, 0.717) is 0 Å². The third kappa shape index (κ3) is 4.27. The Morgan fingerprint density at radius 1 is 0.472 bits per heavy atom. The lowest BCUT2D eigenvalue weighted by Crippen LogP contribution is -2.36. The van der Waals surface area contributed by atoms with Gasteiger partial charge in [0.15, 0.2) is 0 Å². The lowest BCUT2D eigenvalue weighted by atomic mass is 9.64. The van der Waals surface area contributed by atoms with Crippen molar-refractivity contribution in [1.29, 1.82) is 0 Å². The molecular weight excluding hydrogens is 643 g/mol. The largest absolute Gasteiger partial charge is 0.456 e. The van der Waals surface area contributed by atoms with E-state index in [0.717, 1.165) is 49.9 Å². The summed E-state index contributed by atoms with van der Waals surface area (Å²) in [5.41, 5.74) is 17.1. The summed E-state index contributed by atoms with van der Waals surface area (Å²) in [6.45, 7) is 0. The predicted molar refractivity (Wildman–Crippen MR) is 219 cm³/mol. The predicted octanol–water partition coefficient (Wildman–Crippen LogP) is 13.3. The molecule has 1 aliphatic carbocycles. The highest BCUT2D eigenvalue weighted by molar-refractivity contribution is 6.09. The molecular formula is C51H33NO. The number of nitrogens with zero attached hydrogens (tertiary/aromatic N) is 1. The average molecular weight is 676 g/mol. The molecule has 0 bridgehead atoms. The van der Waals surface area contributed by atoms with Crippen LogP contribution in [0.1, 0.15) is 38.9 Å². The SMILES string of the molecule is C(=C(\c1ccc2oc3ccccc3c2c1)c1cccc2c1N(c1ccccc1)c1ccccc1C21c2ccccc2-c2ccccc21)/c1ccccc1. The van der Waals surface area contributed by atoms with E-state index in [1.165, 1.54) is 44.8 Å². The number of furan rings is 1. The normalized spacial score (nSPS) is 13.9. The van der Waals surface area contributed by atoms with Crippen LogP contribution in [0, 0.1) is 0 Å². The van der Waals surface area contributed by atoms with Gasteiger partial charge in [-0.25, -0.2) is 0 Å². The molecule has 0 fully saturated rings. The maximum Gasteiger partial charge on any atom is 0.135 e. The smallest absolute Gasteiger partial charge is 0.135 e. The minimum Gasteiger partial charge on any atom is -0.456 e. The molecule has 2 heteroatoms. The van der Waals surface area contributed by atoms with Crippen LogP contribution in [0.2, 0.25) is 0 Å². The maximum absolute atomic E-state index is 6.32. The Morgan fingerprint density at radius 2 is 1.08 bits per heavy atom.